The molecular weight excluding hydrogens is 475 g/mol. The normalized spacial score (nSPS) is 13.5. The largest absolute Gasteiger partial charge is 0.481 e. The van der Waals surface area contributed by atoms with Crippen molar-refractivity contribution in [2.24, 2.45) is 0 Å². The molecule has 4 rings (SSSR count). The summed E-state index contributed by atoms with van der Waals surface area (Å²) in [4.78, 5) is 37.9. The summed E-state index contributed by atoms with van der Waals surface area (Å²) < 4.78 is 13.8. The van der Waals surface area contributed by atoms with Gasteiger partial charge in [0, 0.05) is 37.0 Å². The van der Waals surface area contributed by atoms with Crippen LogP contribution in [-0.4, -0.2) is 43.0 Å². The molecule has 3 aromatic carbocycles. The van der Waals surface area contributed by atoms with Crippen LogP contribution in [0.3, 0.4) is 0 Å². The van der Waals surface area contributed by atoms with Gasteiger partial charge in [0.25, 0.3) is 5.91 Å². The van der Waals surface area contributed by atoms with Crippen molar-refractivity contribution in [1.29, 1.82) is 0 Å². The van der Waals surface area contributed by atoms with Crippen molar-refractivity contribution in [3.8, 4) is 0 Å². The van der Waals surface area contributed by atoms with E-state index >= 15 is 0 Å². The number of likely N-dealkylation sites (N-methyl/N-ethyl adjacent to an activating group) is 1. The lowest BCUT2D eigenvalue weighted by molar-refractivity contribution is -0.136. The molecule has 0 atom stereocenters. The first-order valence-electron chi connectivity index (χ1n) is 11.7. The Balaban J connectivity index is 1.74. The van der Waals surface area contributed by atoms with Gasteiger partial charge in [-0.1, -0.05) is 24.3 Å². The van der Waals surface area contributed by atoms with Crippen molar-refractivity contribution in [1.82, 2.24) is 5.32 Å². The number of hydrogen-bond acceptors (Lipinski definition) is 5. The maximum Gasteiger partial charge on any atom is 0.307 e. The van der Waals surface area contributed by atoms with Crippen molar-refractivity contribution in [3.05, 3.63) is 89.2 Å². The van der Waals surface area contributed by atoms with E-state index in [1.165, 1.54) is 19.1 Å². The van der Waals surface area contributed by atoms with Gasteiger partial charge in [0.15, 0.2) is 0 Å². The number of carboxylic acid groups (broad SMARTS) is 1. The Hall–Kier alpha value is -4.50. The maximum absolute atomic E-state index is 13.8. The molecule has 3 aromatic rings. The number of hydrogen-bond donors (Lipinski definition) is 4. The number of nitrogens with one attached hydrogen (secondary N) is 3. The summed E-state index contributed by atoms with van der Waals surface area (Å²) in [5.41, 5.74) is 4.42. The number of rotatable bonds is 9. The Morgan fingerprint density at radius 1 is 1.03 bits per heavy atom. The first-order chi connectivity index (χ1) is 17.8. The molecule has 1 aliphatic heterocycles. The topological polar surface area (TPSA) is 111 Å². The zero-order valence-corrected chi connectivity index (χ0v) is 20.5. The van der Waals surface area contributed by atoms with Crippen LogP contribution in [0.5, 0.6) is 0 Å². The van der Waals surface area contributed by atoms with E-state index in [1.54, 1.807) is 35.2 Å². The second-order valence-electron chi connectivity index (χ2n) is 8.61. The third-order valence-electron chi connectivity index (χ3n) is 5.99. The Morgan fingerprint density at radius 3 is 2.35 bits per heavy atom. The molecule has 0 aliphatic carbocycles. The average molecular weight is 503 g/mol. The van der Waals surface area contributed by atoms with Crippen LogP contribution in [0, 0.1) is 5.82 Å². The number of amides is 2. The molecule has 0 radical (unpaired) electrons. The van der Waals surface area contributed by atoms with Crippen LogP contribution >= 0.6 is 0 Å². The van der Waals surface area contributed by atoms with E-state index < -0.39 is 11.8 Å². The van der Waals surface area contributed by atoms with Crippen molar-refractivity contribution >= 4 is 46.1 Å². The molecule has 0 bridgehead atoms. The van der Waals surface area contributed by atoms with Gasteiger partial charge in [-0.2, -0.15) is 0 Å². The average Bonchev–Trinajstić information content (AvgIpc) is 3.18. The molecular formula is C28H27FN4O4. The lowest BCUT2D eigenvalue weighted by atomic mass is 9.98. The van der Waals surface area contributed by atoms with Gasteiger partial charge in [-0.3, -0.25) is 14.4 Å². The van der Waals surface area contributed by atoms with Gasteiger partial charge in [0.05, 0.1) is 23.4 Å². The third kappa shape index (κ3) is 5.84. The SMILES string of the molecule is CNCCN(C(C)=O)c1ccc(N/C(=C2\C(=O)Nc3cc(F)ccc32)c2ccc(CC(=O)O)cc2)cc1. The van der Waals surface area contributed by atoms with Gasteiger partial charge < -0.3 is 26.0 Å². The Morgan fingerprint density at radius 2 is 1.73 bits per heavy atom. The predicted molar refractivity (Wildman–Crippen MR) is 142 cm³/mol. The van der Waals surface area contributed by atoms with E-state index in [2.05, 4.69) is 16.0 Å². The molecule has 190 valence electrons. The number of aliphatic carboxylic acids is 1. The quantitative estimate of drug-likeness (QED) is 0.330. The van der Waals surface area contributed by atoms with Crippen molar-refractivity contribution < 1.29 is 23.9 Å². The third-order valence-corrected chi connectivity index (χ3v) is 5.99. The smallest absolute Gasteiger partial charge is 0.307 e. The minimum atomic E-state index is -0.940. The first-order valence-corrected chi connectivity index (χ1v) is 11.7. The van der Waals surface area contributed by atoms with Gasteiger partial charge >= 0.3 is 5.97 Å². The summed E-state index contributed by atoms with van der Waals surface area (Å²) in [6, 6.07) is 18.2. The highest BCUT2D eigenvalue weighted by atomic mass is 19.1. The number of benzene rings is 3. The molecule has 0 spiro atoms. The molecule has 9 heteroatoms. The van der Waals surface area contributed by atoms with Crippen LogP contribution in [0.2, 0.25) is 0 Å². The summed E-state index contributed by atoms with van der Waals surface area (Å²) in [5.74, 6) is -1.86. The molecule has 2 amide bonds. The van der Waals surface area contributed by atoms with Gasteiger partial charge in [-0.15, -0.1) is 0 Å². The monoisotopic (exact) mass is 502 g/mol. The molecule has 1 heterocycles. The van der Waals surface area contributed by atoms with E-state index in [9.17, 15) is 18.8 Å². The van der Waals surface area contributed by atoms with E-state index in [0.29, 0.717) is 52.4 Å². The highest BCUT2D eigenvalue weighted by Crippen LogP contribution is 2.38. The van der Waals surface area contributed by atoms with Gasteiger partial charge in [-0.25, -0.2) is 4.39 Å². The number of carbonyl (C=O) groups is 3. The van der Waals surface area contributed by atoms with Gasteiger partial charge in [0.2, 0.25) is 5.91 Å². The molecule has 0 saturated heterocycles. The van der Waals surface area contributed by atoms with E-state index in [0.717, 1.165) is 5.69 Å². The zero-order chi connectivity index (χ0) is 26.5. The lowest BCUT2D eigenvalue weighted by Crippen LogP contribution is -2.34. The van der Waals surface area contributed by atoms with E-state index in [1.807, 2.05) is 31.3 Å². The fraction of sp³-hybridized carbons (Fsp3) is 0.179. The molecule has 8 nitrogen and oxygen atoms in total. The molecule has 4 N–H and O–H groups in total. The van der Waals surface area contributed by atoms with E-state index in [4.69, 9.17) is 5.11 Å². The number of nitrogens with zero attached hydrogens (tertiary/aromatic N) is 1. The second-order valence-corrected chi connectivity index (χ2v) is 8.61. The standard InChI is InChI=1S/C28H27FN4O4/c1-17(34)33(14-13-30-2)22-10-8-21(9-11-22)31-27(19-5-3-18(4-6-19)15-25(35)36)26-23-12-7-20(29)16-24(23)32-28(26)37/h3-12,16,30-31H,13-15H2,1-2H3,(H,32,37)(H,35,36)/b27-26-. The molecule has 0 saturated carbocycles. The van der Waals surface area contributed by atoms with Crippen molar-refractivity contribution in [2.75, 3.05) is 35.7 Å². The number of anilines is 3. The number of carbonyl (C=O) groups excluding carboxylic acids is 2. The summed E-state index contributed by atoms with van der Waals surface area (Å²) in [6.45, 7) is 2.67. The Kier molecular flexibility index (Phi) is 7.64. The number of fused-ring (bicyclic) bond motifs is 1. The summed E-state index contributed by atoms with van der Waals surface area (Å²) in [5, 5.41) is 18.2. The van der Waals surface area contributed by atoms with Crippen LogP contribution in [0.15, 0.2) is 66.7 Å². The highest BCUT2D eigenvalue weighted by Gasteiger charge is 2.29. The molecule has 37 heavy (non-hydrogen) atoms. The van der Waals surface area contributed by atoms with Crippen molar-refractivity contribution in [2.45, 2.75) is 13.3 Å². The molecule has 0 aromatic heterocycles. The second kappa shape index (κ2) is 11.0. The van der Waals surface area contributed by atoms with E-state index in [-0.39, 0.29) is 18.2 Å². The Labute approximate surface area is 213 Å². The van der Waals surface area contributed by atoms with Gasteiger partial charge in [0.1, 0.15) is 5.82 Å². The zero-order valence-electron chi connectivity index (χ0n) is 20.5. The molecule has 1 aliphatic rings. The lowest BCUT2D eigenvalue weighted by Gasteiger charge is -2.22. The van der Waals surface area contributed by atoms with Crippen LogP contribution in [-0.2, 0) is 20.8 Å². The first kappa shape index (κ1) is 25.6. The van der Waals surface area contributed by atoms with Crippen molar-refractivity contribution in [3.63, 3.8) is 0 Å². The fourth-order valence-corrected chi connectivity index (χ4v) is 4.20. The molecule has 0 unspecified atom stereocenters. The summed E-state index contributed by atoms with van der Waals surface area (Å²) in [7, 11) is 1.82. The van der Waals surface area contributed by atoms with Crippen LogP contribution in [0.4, 0.5) is 21.5 Å². The Bertz CT molecular complexity index is 1370. The van der Waals surface area contributed by atoms with Gasteiger partial charge in [-0.05, 0) is 60.6 Å². The summed E-state index contributed by atoms with van der Waals surface area (Å²) >= 11 is 0. The minimum Gasteiger partial charge on any atom is -0.481 e. The fourth-order valence-electron chi connectivity index (χ4n) is 4.20. The highest BCUT2D eigenvalue weighted by molar-refractivity contribution is 6.37. The predicted octanol–water partition coefficient (Wildman–Crippen LogP) is 3.96. The van der Waals surface area contributed by atoms with Crippen LogP contribution in [0.25, 0.3) is 11.3 Å². The number of carboxylic acids is 1. The number of halogens is 1. The molecule has 0 fully saturated rings. The summed E-state index contributed by atoms with van der Waals surface area (Å²) in [6.07, 6.45) is -0.121. The van der Waals surface area contributed by atoms with Crippen LogP contribution < -0.4 is 20.9 Å². The van der Waals surface area contributed by atoms with Crippen LogP contribution in [0.1, 0.15) is 23.6 Å². The maximum atomic E-state index is 13.8. The minimum absolute atomic E-state index is 0.0771.